The van der Waals surface area contributed by atoms with Crippen LogP contribution < -0.4 is 5.32 Å². The van der Waals surface area contributed by atoms with Crippen LogP contribution in [0.1, 0.15) is 41.0 Å². The SMILES string of the molecule is CC(C)COC(=O)NCCOCCOCCOCCOCCC(C)(C)C. The molecule has 7 heteroatoms. The van der Waals surface area contributed by atoms with Crippen LogP contribution >= 0.6 is 0 Å². The molecule has 0 aliphatic carbocycles. The van der Waals surface area contributed by atoms with Gasteiger partial charge in [0.2, 0.25) is 0 Å². The fraction of sp³-hybridized carbons (Fsp3) is 0.947. The van der Waals surface area contributed by atoms with E-state index in [1.54, 1.807) is 0 Å². The van der Waals surface area contributed by atoms with Crippen molar-refractivity contribution in [1.29, 1.82) is 0 Å². The molecule has 1 amide bonds. The number of ether oxygens (including phenoxy) is 5. The average molecular weight is 378 g/mol. The van der Waals surface area contributed by atoms with E-state index < -0.39 is 6.09 Å². The number of carbonyl (C=O) groups excluding carboxylic acids is 1. The van der Waals surface area contributed by atoms with E-state index in [1.807, 2.05) is 13.8 Å². The second-order valence-corrected chi connectivity index (χ2v) is 7.68. The van der Waals surface area contributed by atoms with E-state index in [9.17, 15) is 4.79 Å². The van der Waals surface area contributed by atoms with E-state index in [0.717, 1.165) is 13.0 Å². The third-order valence-corrected chi connectivity index (χ3v) is 3.18. The lowest BCUT2D eigenvalue weighted by Gasteiger charge is -2.17. The number of hydrogen-bond donors (Lipinski definition) is 1. The summed E-state index contributed by atoms with van der Waals surface area (Å²) >= 11 is 0. The molecular formula is C19H39NO6. The molecule has 0 heterocycles. The summed E-state index contributed by atoms with van der Waals surface area (Å²) in [5, 5.41) is 2.63. The Morgan fingerprint density at radius 2 is 1.27 bits per heavy atom. The smallest absolute Gasteiger partial charge is 0.407 e. The molecule has 0 aromatic rings. The molecule has 7 nitrogen and oxygen atoms in total. The molecule has 0 aliphatic rings. The molecule has 26 heavy (non-hydrogen) atoms. The van der Waals surface area contributed by atoms with Gasteiger partial charge in [0.25, 0.3) is 0 Å². The highest BCUT2D eigenvalue weighted by Crippen LogP contribution is 2.17. The average Bonchev–Trinajstić information content (AvgIpc) is 2.55. The molecule has 1 N–H and O–H groups in total. The Morgan fingerprint density at radius 3 is 1.73 bits per heavy atom. The topological polar surface area (TPSA) is 75.3 Å². The van der Waals surface area contributed by atoms with Crippen molar-refractivity contribution >= 4 is 6.09 Å². The van der Waals surface area contributed by atoms with E-state index >= 15 is 0 Å². The van der Waals surface area contributed by atoms with Crippen molar-refractivity contribution in [2.45, 2.75) is 41.0 Å². The number of alkyl carbamates (subject to hydrolysis) is 1. The van der Waals surface area contributed by atoms with Crippen LogP contribution in [-0.2, 0) is 23.7 Å². The van der Waals surface area contributed by atoms with Gasteiger partial charge in [0.15, 0.2) is 0 Å². The highest BCUT2D eigenvalue weighted by Gasteiger charge is 2.08. The maximum atomic E-state index is 11.3. The first-order valence-corrected chi connectivity index (χ1v) is 9.53. The van der Waals surface area contributed by atoms with Crippen molar-refractivity contribution in [3.05, 3.63) is 0 Å². The van der Waals surface area contributed by atoms with Gasteiger partial charge in [-0.3, -0.25) is 0 Å². The van der Waals surface area contributed by atoms with Crippen LogP contribution in [0.15, 0.2) is 0 Å². The van der Waals surface area contributed by atoms with Crippen molar-refractivity contribution in [3.63, 3.8) is 0 Å². The van der Waals surface area contributed by atoms with Crippen molar-refractivity contribution in [2.24, 2.45) is 11.3 Å². The molecule has 0 saturated heterocycles. The van der Waals surface area contributed by atoms with E-state index in [4.69, 9.17) is 23.7 Å². The highest BCUT2D eigenvalue weighted by molar-refractivity contribution is 5.67. The van der Waals surface area contributed by atoms with Gasteiger partial charge in [0.1, 0.15) is 0 Å². The molecular weight excluding hydrogens is 338 g/mol. The maximum absolute atomic E-state index is 11.3. The van der Waals surface area contributed by atoms with Crippen LogP contribution in [0.25, 0.3) is 0 Å². The third kappa shape index (κ3) is 21.2. The summed E-state index contributed by atoms with van der Waals surface area (Å²) in [6, 6.07) is 0. The first-order valence-electron chi connectivity index (χ1n) is 9.53. The van der Waals surface area contributed by atoms with Gasteiger partial charge < -0.3 is 29.0 Å². The summed E-state index contributed by atoms with van der Waals surface area (Å²) in [6.45, 7) is 15.9. The number of hydrogen-bond acceptors (Lipinski definition) is 6. The van der Waals surface area contributed by atoms with Gasteiger partial charge in [-0.15, -0.1) is 0 Å². The highest BCUT2D eigenvalue weighted by atomic mass is 16.6. The number of rotatable bonds is 16. The lowest BCUT2D eigenvalue weighted by Crippen LogP contribution is -2.29. The number of nitrogens with one attached hydrogen (secondary N) is 1. The predicted octanol–water partition coefficient (Wildman–Crippen LogP) is 2.87. The summed E-state index contributed by atoms with van der Waals surface area (Å²) in [5.74, 6) is 0.333. The Labute approximate surface area is 159 Å². The van der Waals surface area contributed by atoms with Crippen molar-refractivity contribution in [3.8, 4) is 0 Å². The van der Waals surface area contributed by atoms with Gasteiger partial charge in [0.05, 0.1) is 52.9 Å². The van der Waals surface area contributed by atoms with E-state index in [1.165, 1.54) is 0 Å². The summed E-state index contributed by atoms with van der Waals surface area (Å²) < 4.78 is 26.7. The van der Waals surface area contributed by atoms with Gasteiger partial charge >= 0.3 is 6.09 Å². The van der Waals surface area contributed by atoms with Gasteiger partial charge in [-0.2, -0.15) is 0 Å². The lowest BCUT2D eigenvalue weighted by atomic mass is 9.93. The summed E-state index contributed by atoms with van der Waals surface area (Å²) in [6.07, 6.45) is 0.642. The molecule has 0 radical (unpaired) electrons. The van der Waals surface area contributed by atoms with E-state index in [2.05, 4.69) is 26.1 Å². The Bertz CT molecular complexity index is 330. The molecule has 0 unspecified atom stereocenters. The lowest BCUT2D eigenvalue weighted by molar-refractivity contribution is -0.00373. The van der Waals surface area contributed by atoms with Crippen LogP contribution in [0, 0.1) is 11.3 Å². The zero-order valence-corrected chi connectivity index (χ0v) is 17.3. The van der Waals surface area contributed by atoms with Crippen LogP contribution in [-0.4, -0.2) is 72.1 Å². The molecule has 0 aromatic carbocycles. The molecule has 0 bridgehead atoms. The minimum absolute atomic E-state index is 0.309. The Kier molecular flexibility index (Phi) is 15.7. The Balaban J connectivity index is 3.15. The third-order valence-electron chi connectivity index (χ3n) is 3.18. The second kappa shape index (κ2) is 16.3. The normalized spacial score (nSPS) is 11.8. The molecule has 0 aliphatic heterocycles. The standard InChI is InChI=1S/C19H39NO6/c1-17(2)16-26-18(21)20-7-9-23-11-13-25-15-14-24-12-10-22-8-6-19(3,4)5/h17H,6-16H2,1-5H3,(H,20,21). The predicted molar refractivity (Wildman–Crippen MR) is 102 cm³/mol. The molecule has 0 spiro atoms. The second-order valence-electron chi connectivity index (χ2n) is 7.68. The minimum Gasteiger partial charge on any atom is -0.449 e. The van der Waals surface area contributed by atoms with Crippen LogP contribution in [0.4, 0.5) is 4.79 Å². The fourth-order valence-corrected chi connectivity index (χ4v) is 1.66. The molecule has 0 fully saturated rings. The maximum Gasteiger partial charge on any atom is 0.407 e. The largest absolute Gasteiger partial charge is 0.449 e. The zero-order chi connectivity index (χ0) is 19.7. The molecule has 156 valence electrons. The van der Waals surface area contributed by atoms with Crippen molar-refractivity contribution in [2.75, 3.05) is 66.0 Å². The quantitative estimate of drug-likeness (QED) is 0.417. The van der Waals surface area contributed by atoms with Gasteiger partial charge in [-0.05, 0) is 17.8 Å². The zero-order valence-electron chi connectivity index (χ0n) is 17.3. The summed E-state index contributed by atoms with van der Waals surface area (Å²) in [7, 11) is 0. The minimum atomic E-state index is -0.405. The monoisotopic (exact) mass is 377 g/mol. The summed E-state index contributed by atoms with van der Waals surface area (Å²) in [4.78, 5) is 11.3. The first-order chi connectivity index (χ1) is 12.3. The van der Waals surface area contributed by atoms with Crippen molar-refractivity contribution < 1.29 is 28.5 Å². The number of amides is 1. The number of carbonyl (C=O) groups is 1. The first kappa shape index (κ1) is 25.1. The fourth-order valence-electron chi connectivity index (χ4n) is 1.66. The van der Waals surface area contributed by atoms with Crippen molar-refractivity contribution in [1.82, 2.24) is 5.32 Å². The molecule has 0 rings (SSSR count). The van der Waals surface area contributed by atoms with Crippen LogP contribution in [0.3, 0.4) is 0 Å². The van der Waals surface area contributed by atoms with E-state index in [-0.39, 0.29) is 0 Å². The summed E-state index contributed by atoms with van der Waals surface area (Å²) in [5.41, 5.74) is 0.309. The van der Waals surface area contributed by atoms with Gasteiger partial charge in [-0.25, -0.2) is 4.79 Å². The van der Waals surface area contributed by atoms with Gasteiger partial charge in [-0.1, -0.05) is 34.6 Å². The molecule has 0 saturated carbocycles. The van der Waals surface area contributed by atoms with Gasteiger partial charge in [0, 0.05) is 13.2 Å². The van der Waals surface area contributed by atoms with E-state index in [0.29, 0.717) is 70.7 Å². The molecule has 0 aromatic heterocycles. The Morgan fingerprint density at radius 1 is 0.808 bits per heavy atom. The Hall–Kier alpha value is -0.890. The molecule has 0 atom stereocenters. The van der Waals surface area contributed by atoms with Crippen LogP contribution in [0.5, 0.6) is 0 Å². The van der Waals surface area contributed by atoms with Crippen LogP contribution in [0.2, 0.25) is 0 Å².